The highest BCUT2D eigenvalue weighted by Gasteiger charge is 2.12. The Morgan fingerprint density at radius 2 is 1.81 bits per heavy atom. The fraction of sp³-hybridized carbons (Fsp3) is 0.294. The van der Waals surface area contributed by atoms with Crippen molar-refractivity contribution in [2.24, 2.45) is 0 Å². The molecule has 1 nitrogen and oxygen atoms in total. The van der Waals surface area contributed by atoms with Crippen LogP contribution in [0.4, 0.5) is 8.78 Å². The minimum Gasteiger partial charge on any atom is -0.312 e. The quantitative estimate of drug-likeness (QED) is 0.784. The van der Waals surface area contributed by atoms with Gasteiger partial charge in [0.2, 0.25) is 0 Å². The summed E-state index contributed by atoms with van der Waals surface area (Å²) in [7, 11) is 1.89. The first-order valence-electron chi connectivity index (χ1n) is 6.98. The smallest absolute Gasteiger partial charge is 0.139 e. The normalized spacial score (nSPS) is 12.4. The van der Waals surface area contributed by atoms with Crippen molar-refractivity contribution in [2.45, 2.75) is 24.3 Å². The summed E-state index contributed by atoms with van der Waals surface area (Å²) in [6.45, 7) is 2.12. The SMILES string of the molecule is CCc1ccc(C(CSc2ccc(F)cc2F)NC)cc1. The van der Waals surface area contributed by atoms with Crippen molar-refractivity contribution in [3.63, 3.8) is 0 Å². The lowest BCUT2D eigenvalue weighted by molar-refractivity contribution is 0.565. The van der Waals surface area contributed by atoms with Crippen LogP contribution in [0.1, 0.15) is 24.1 Å². The Kier molecular flexibility index (Phi) is 5.76. The molecule has 0 heterocycles. The van der Waals surface area contributed by atoms with Gasteiger partial charge in [-0.2, -0.15) is 0 Å². The number of benzene rings is 2. The second-order valence-corrected chi connectivity index (χ2v) is 5.88. The fourth-order valence-corrected chi connectivity index (χ4v) is 3.16. The van der Waals surface area contributed by atoms with Crippen LogP contribution in [0.3, 0.4) is 0 Å². The molecule has 21 heavy (non-hydrogen) atoms. The van der Waals surface area contributed by atoms with Gasteiger partial charge in [0.15, 0.2) is 0 Å². The standard InChI is InChI=1S/C17H19F2NS/c1-3-12-4-6-13(7-5-12)16(20-2)11-21-17-9-8-14(18)10-15(17)19/h4-10,16,20H,3,11H2,1-2H3. The number of hydrogen-bond donors (Lipinski definition) is 1. The Bertz CT molecular complexity index is 584. The molecule has 0 saturated carbocycles. The number of aryl methyl sites for hydroxylation is 1. The molecule has 0 aliphatic rings. The Labute approximate surface area is 128 Å². The fourth-order valence-electron chi connectivity index (χ4n) is 2.10. The van der Waals surface area contributed by atoms with Gasteiger partial charge in [0.1, 0.15) is 11.6 Å². The number of hydrogen-bond acceptors (Lipinski definition) is 2. The zero-order valence-corrected chi connectivity index (χ0v) is 13.0. The topological polar surface area (TPSA) is 12.0 Å². The van der Waals surface area contributed by atoms with Crippen LogP contribution in [0.25, 0.3) is 0 Å². The highest BCUT2D eigenvalue weighted by atomic mass is 32.2. The van der Waals surface area contributed by atoms with E-state index in [1.165, 1.54) is 35.0 Å². The van der Waals surface area contributed by atoms with Gasteiger partial charge in [-0.3, -0.25) is 0 Å². The lowest BCUT2D eigenvalue weighted by Crippen LogP contribution is -2.18. The van der Waals surface area contributed by atoms with Gasteiger partial charge in [-0.05, 0) is 36.7 Å². The molecule has 2 aromatic rings. The Balaban J connectivity index is 2.04. The van der Waals surface area contributed by atoms with E-state index >= 15 is 0 Å². The number of thioether (sulfide) groups is 1. The van der Waals surface area contributed by atoms with Gasteiger partial charge >= 0.3 is 0 Å². The molecule has 0 saturated heterocycles. The average molecular weight is 307 g/mol. The molecular formula is C17H19F2NS. The predicted molar refractivity (Wildman–Crippen MR) is 84.7 cm³/mol. The largest absolute Gasteiger partial charge is 0.312 e. The van der Waals surface area contributed by atoms with Crippen molar-refractivity contribution in [3.8, 4) is 0 Å². The van der Waals surface area contributed by atoms with E-state index in [4.69, 9.17) is 0 Å². The van der Waals surface area contributed by atoms with Gasteiger partial charge in [-0.15, -0.1) is 11.8 Å². The summed E-state index contributed by atoms with van der Waals surface area (Å²) in [5, 5.41) is 3.24. The molecule has 0 aliphatic carbocycles. The second kappa shape index (κ2) is 7.57. The van der Waals surface area contributed by atoms with Crippen molar-refractivity contribution in [1.29, 1.82) is 0 Å². The van der Waals surface area contributed by atoms with E-state index < -0.39 is 11.6 Å². The van der Waals surface area contributed by atoms with Crippen molar-refractivity contribution in [2.75, 3.05) is 12.8 Å². The van der Waals surface area contributed by atoms with E-state index in [9.17, 15) is 8.78 Å². The van der Waals surface area contributed by atoms with Crippen molar-refractivity contribution < 1.29 is 8.78 Å². The van der Waals surface area contributed by atoms with Crippen molar-refractivity contribution >= 4 is 11.8 Å². The second-order valence-electron chi connectivity index (χ2n) is 4.82. The summed E-state index contributed by atoms with van der Waals surface area (Å²) < 4.78 is 26.5. The summed E-state index contributed by atoms with van der Waals surface area (Å²) in [5.74, 6) is -0.363. The van der Waals surface area contributed by atoms with Crippen LogP contribution in [0.5, 0.6) is 0 Å². The van der Waals surface area contributed by atoms with Gasteiger partial charge < -0.3 is 5.32 Å². The lowest BCUT2D eigenvalue weighted by atomic mass is 10.1. The van der Waals surface area contributed by atoms with Crippen LogP contribution in [-0.2, 0) is 6.42 Å². The maximum absolute atomic E-state index is 13.6. The van der Waals surface area contributed by atoms with Gasteiger partial charge in [0, 0.05) is 22.8 Å². The number of nitrogens with one attached hydrogen (secondary N) is 1. The minimum atomic E-state index is -0.544. The third-order valence-corrected chi connectivity index (χ3v) is 4.58. The molecule has 0 amide bonds. The van der Waals surface area contributed by atoms with Crippen molar-refractivity contribution in [1.82, 2.24) is 5.32 Å². The Hall–Kier alpha value is -1.39. The van der Waals surface area contributed by atoms with Gasteiger partial charge in [0.05, 0.1) is 0 Å². The van der Waals surface area contributed by atoms with E-state index in [2.05, 4.69) is 36.5 Å². The maximum atomic E-state index is 13.6. The molecule has 0 bridgehead atoms. The van der Waals surface area contributed by atoms with E-state index in [0.29, 0.717) is 10.6 Å². The molecule has 0 aliphatic heterocycles. The first-order chi connectivity index (χ1) is 10.1. The van der Waals surface area contributed by atoms with Crippen LogP contribution < -0.4 is 5.32 Å². The molecule has 0 spiro atoms. The highest BCUT2D eigenvalue weighted by molar-refractivity contribution is 7.99. The van der Waals surface area contributed by atoms with Crippen LogP contribution in [-0.4, -0.2) is 12.8 Å². The minimum absolute atomic E-state index is 0.130. The molecule has 4 heteroatoms. The molecule has 1 unspecified atom stereocenters. The molecule has 1 atom stereocenters. The van der Waals surface area contributed by atoms with Crippen LogP contribution >= 0.6 is 11.8 Å². The molecule has 112 valence electrons. The molecule has 1 N–H and O–H groups in total. The van der Waals surface area contributed by atoms with E-state index in [1.54, 1.807) is 0 Å². The summed E-state index contributed by atoms with van der Waals surface area (Å²) in [4.78, 5) is 0.474. The number of rotatable bonds is 6. The molecule has 0 radical (unpaired) electrons. The first-order valence-corrected chi connectivity index (χ1v) is 7.96. The molecule has 0 fully saturated rings. The third-order valence-electron chi connectivity index (χ3n) is 3.44. The summed E-state index contributed by atoms with van der Waals surface area (Å²) in [5.41, 5.74) is 2.47. The van der Waals surface area contributed by atoms with Crippen LogP contribution in [0, 0.1) is 11.6 Å². The van der Waals surface area contributed by atoms with Gasteiger partial charge in [-0.1, -0.05) is 31.2 Å². The highest BCUT2D eigenvalue weighted by Crippen LogP contribution is 2.27. The monoisotopic (exact) mass is 307 g/mol. The van der Waals surface area contributed by atoms with E-state index in [1.807, 2.05) is 7.05 Å². The maximum Gasteiger partial charge on any atom is 0.139 e. The first kappa shape index (κ1) is 16.0. The van der Waals surface area contributed by atoms with E-state index in [-0.39, 0.29) is 6.04 Å². The zero-order valence-electron chi connectivity index (χ0n) is 12.2. The van der Waals surface area contributed by atoms with Gasteiger partial charge in [0.25, 0.3) is 0 Å². The summed E-state index contributed by atoms with van der Waals surface area (Å²) in [6.07, 6.45) is 1.01. The van der Waals surface area contributed by atoms with E-state index in [0.717, 1.165) is 12.5 Å². The predicted octanol–water partition coefficient (Wildman–Crippen LogP) is 4.58. The van der Waals surface area contributed by atoms with Crippen molar-refractivity contribution in [3.05, 3.63) is 65.2 Å². The summed E-state index contributed by atoms with van der Waals surface area (Å²) >= 11 is 1.39. The molecule has 2 aromatic carbocycles. The van der Waals surface area contributed by atoms with Crippen LogP contribution in [0.2, 0.25) is 0 Å². The van der Waals surface area contributed by atoms with Crippen LogP contribution in [0.15, 0.2) is 47.4 Å². The summed E-state index contributed by atoms with van der Waals surface area (Å²) in [6, 6.07) is 12.3. The number of halogens is 2. The third kappa shape index (κ3) is 4.29. The average Bonchev–Trinajstić information content (AvgIpc) is 2.50. The molecular weight excluding hydrogens is 288 g/mol. The Morgan fingerprint density at radius 3 is 2.38 bits per heavy atom. The molecule has 2 rings (SSSR count). The van der Waals surface area contributed by atoms with Gasteiger partial charge in [-0.25, -0.2) is 8.78 Å². The molecule has 0 aromatic heterocycles. The lowest BCUT2D eigenvalue weighted by Gasteiger charge is -2.17. The zero-order chi connectivity index (χ0) is 15.2. The Morgan fingerprint density at radius 1 is 1.10 bits per heavy atom.